The second kappa shape index (κ2) is 10.6. The standard InChI is InChI=1S/C24H29N5O3S2/c1-24(2,3)32-23(31)28-14-11-18(12-15-28)29-13-7-10-19(29)20(30)25-21-26-27-22(34-21)33-16-17-8-5-4-6-9-17/h4-10,13,18H,11-12,14-16H2,1-3H3,(H,25,26,30). The zero-order valence-corrected chi connectivity index (χ0v) is 21.2. The summed E-state index contributed by atoms with van der Waals surface area (Å²) in [6, 6.07) is 14.0. The van der Waals surface area contributed by atoms with Crippen LogP contribution in [0.25, 0.3) is 0 Å². The molecule has 0 saturated carbocycles. The summed E-state index contributed by atoms with van der Waals surface area (Å²) in [5.41, 5.74) is 1.28. The maximum Gasteiger partial charge on any atom is 0.410 e. The summed E-state index contributed by atoms with van der Waals surface area (Å²) in [6.45, 7) is 6.79. The van der Waals surface area contributed by atoms with E-state index in [-0.39, 0.29) is 18.0 Å². The van der Waals surface area contributed by atoms with Crippen molar-refractivity contribution in [2.24, 2.45) is 0 Å². The van der Waals surface area contributed by atoms with Gasteiger partial charge in [0.15, 0.2) is 4.34 Å². The van der Waals surface area contributed by atoms with Crippen LogP contribution in [0.5, 0.6) is 0 Å². The molecule has 10 heteroatoms. The number of anilines is 1. The van der Waals surface area contributed by atoms with Crippen molar-refractivity contribution >= 4 is 40.2 Å². The summed E-state index contributed by atoms with van der Waals surface area (Å²) in [5.74, 6) is 0.587. The van der Waals surface area contributed by atoms with Crippen molar-refractivity contribution in [3.8, 4) is 0 Å². The fourth-order valence-electron chi connectivity index (χ4n) is 3.76. The van der Waals surface area contributed by atoms with Gasteiger partial charge in [-0.3, -0.25) is 10.1 Å². The highest BCUT2D eigenvalue weighted by molar-refractivity contribution is 8.00. The second-order valence-electron chi connectivity index (χ2n) is 9.10. The Labute approximate surface area is 207 Å². The maximum absolute atomic E-state index is 13.0. The van der Waals surface area contributed by atoms with Crippen molar-refractivity contribution in [1.82, 2.24) is 19.7 Å². The van der Waals surface area contributed by atoms with Gasteiger partial charge in [-0.05, 0) is 51.3 Å². The average molecular weight is 500 g/mol. The number of thioether (sulfide) groups is 1. The van der Waals surface area contributed by atoms with Gasteiger partial charge in [0, 0.05) is 31.1 Å². The third-order valence-electron chi connectivity index (χ3n) is 5.35. The van der Waals surface area contributed by atoms with Gasteiger partial charge in [0.05, 0.1) is 0 Å². The lowest BCUT2D eigenvalue weighted by Crippen LogP contribution is -2.42. The minimum absolute atomic E-state index is 0.140. The van der Waals surface area contributed by atoms with Crippen LogP contribution in [0.3, 0.4) is 0 Å². The predicted molar refractivity (Wildman–Crippen MR) is 134 cm³/mol. The van der Waals surface area contributed by atoms with E-state index in [0.29, 0.717) is 23.9 Å². The number of likely N-dealkylation sites (tertiary alicyclic amines) is 1. The first kappa shape index (κ1) is 24.3. The summed E-state index contributed by atoms with van der Waals surface area (Å²) >= 11 is 2.97. The van der Waals surface area contributed by atoms with Gasteiger partial charge in [0.1, 0.15) is 11.3 Å². The SMILES string of the molecule is CC(C)(C)OC(=O)N1CCC(n2cccc2C(=O)Nc2nnc(SCc3ccccc3)s2)CC1. The number of piperidine rings is 1. The van der Waals surface area contributed by atoms with Crippen LogP contribution < -0.4 is 5.32 Å². The highest BCUT2D eigenvalue weighted by atomic mass is 32.2. The molecule has 1 fully saturated rings. The Morgan fingerprint density at radius 3 is 2.56 bits per heavy atom. The summed E-state index contributed by atoms with van der Waals surface area (Å²) < 4.78 is 8.28. The van der Waals surface area contributed by atoms with Gasteiger partial charge in [0.2, 0.25) is 5.13 Å². The summed E-state index contributed by atoms with van der Waals surface area (Å²) in [4.78, 5) is 27.0. The van der Waals surface area contributed by atoms with Gasteiger partial charge in [-0.2, -0.15) is 0 Å². The molecular weight excluding hydrogens is 470 g/mol. The van der Waals surface area contributed by atoms with Crippen molar-refractivity contribution in [2.45, 2.75) is 55.3 Å². The molecule has 3 aromatic rings. The van der Waals surface area contributed by atoms with Gasteiger partial charge >= 0.3 is 6.09 Å². The fourth-order valence-corrected chi connectivity index (χ4v) is 5.46. The third kappa shape index (κ3) is 6.38. The number of benzene rings is 1. The van der Waals surface area contributed by atoms with E-state index in [1.165, 1.54) is 16.9 Å². The Kier molecular flexibility index (Phi) is 7.57. The number of hydrogen-bond acceptors (Lipinski definition) is 7. The van der Waals surface area contributed by atoms with Crippen molar-refractivity contribution in [2.75, 3.05) is 18.4 Å². The molecule has 1 aromatic carbocycles. The van der Waals surface area contributed by atoms with E-state index in [0.717, 1.165) is 22.9 Å². The average Bonchev–Trinajstić information content (AvgIpc) is 3.47. The first-order chi connectivity index (χ1) is 16.3. The molecule has 4 rings (SSSR count). The third-order valence-corrected chi connectivity index (χ3v) is 7.40. The largest absolute Gasteiger partial charge is 0.444 e. The number of nitrogens with one attached hydrogen (secondary N) is 1. The van der Waals surface area contributed by atoms with Gasteiger partial charge < -0.3 is 14.2 Å². The number of nitrogens with zero attached hydrogens (tertiary/aromatic N) is 4. The van der Waals surface area contributed by atoms with Crippen molar-refractivity contribution in [1.29, 1.82) is 0 Å². The monoisotopic (exact) mass is 499 g/mol. The van der Waals surface area contributed by atoms with Gasteiger partial charge in [-0.25, -0.2) is 4.79 Å². The van der Waals surface area contributed by atoms with Crippen molar-refractivity contribution < 1.29 is 14.3 Å². The Morgan fingerprint density at radius 1 is 1.12 bits per heavy atom. The molecule has 180 valence electrons. The number of rotatable bonds is 6. The molecule has 0 radical (unpaired) electrons. The molecule has 2 aromatic heterocycles. The Hall–Kier alpha value is -2.85. The lowest BCUT2D eigenvalue weighted by Gasteiger charge is -2.34. The predicted octanol–water partition coefficient (Wildman–Crippen LogP) is 5.46. The lowest BCUT2D eigenvalue weighted by molar-refractivity contribution is 0.0187. The second-order valence-corrected chi connectivity index (χ2v) is 11.3. The fraction of sp³-hybridized carbons (Fsp3) is 0.417. The quantitative estimate of drug-likeness (QED) is 0.358. The van der Waals surface area contributed by atoms with E-state index in [4.69, 9.17) is 4.74 Å². The molecular formula is C24H29N5O3S2. The van der Waals surface area contributed by atoms with E-state index in [1.807, 2.05) is 61.9 Å². The van der Waals surface area contributed by atoms with E-state index in [9.17, 15) is 9.59 Å². The van der Waals surface area contributed by atoms with Crippen LogP contribution in [0, 0.1) is 0 Å². The molecule has 0 aliphatic carbocycles. The molecule has 0 bridgehead atoms. The molecule has 1 saturated heterocycles. The number of aromatic nitrogens is 3. The minimum Gasteiger partial charge on any atom is -0.444 e. The zero-order valence-electron chi connectivity index (χ0n) is 19.6. The first-order valence-corrected chi connectivity index (χ1v) is 13.0. The van der Waals surface area contributed by atoms with Gasteiger partial charge in [-0.1, -0.05) is 53.4 Å². The van der Waals surface area contributed by atoms with Crippen LogP contribution in [0.2, 0.25) is 0 Å². The first-order valence-electron chi connectivity index (χ1n) is 11.2. The molecule has 8 nitrogen and oxygen atoms in total. The molecule has 34 heavy (non-hydrogen) atoms. The number of carbonyl (C=O) groups excluding carboxylic acids is 2. The summed E-state index contributed by atoms with van der Waals surface area (Å²) in [5, 5.41) is 11.7. The van der Waals surface area contributed by atoms with Gasteiger partial charge in [-0.15, -0.1) is 10.2 Å². The number of amides is 2. The molecule has 2 amide bonds. The van der Waals surface area contributed by atoms with E-state index in [1.54, 1.807) is 16.7 Å². The van der Waals surface area contributed by atoms with Crippen LogP contribution in [-0.4, -0.2) is 50.4 Å². The molecule has 0 spiro atoms. The number of ether oxygens (including phenoxy) is 1. The normalized spacial score (nSPS) is 14.7. The molecule has 3 heterocycles. The minimum atomic E-state index is -0.510. The topological polar surface area (TPSA) is 89.4 Å². The van der Waals surface area contributed by atoms with E-state index < -0.39 is 5.60 Å². The highest BCUT2D eigenvalue weighted by Crippen LogP contribution is 2.29. The molecule has 0 unspecified atom stereocenters. The summed E-state index contributed by atoms with van der Waals surface area (Å²) in [7, 11) is 0. The van der Waals surface area contributed by atoms with Gasteiger partial charge in [0.25, 0.3) is 5.91 Å². The smallest absolute Gasteiger partial charge is 0.410 e. The molecule has 1 N–H and O–H groups in total. The Balaban J connectivity index is 1.32. The number of hydrogen-bond donors (Lipinski definition) is 1. The van der Waals surface area contributed by atoms with Crippen LogP contribution >= 0.6 is 23.1 Å². The molecule has 1 aliphatic rings. The Morgan fingerprint density at radius 2 is 1.85 bits per heavy atom. The molecule has 1 aliphatic heterocycles. The number of carbonyl (C=O) groups is 2. The van der Waals surface area contributed by atoms with Crippen LogP contribution in [0.4, 0.5) is 9.93 Å². The zero-order chi connectivity index (χ0) is 24.1. The molecule has 0 atom stereocenters. The van der Waals surface area contributed by atoms with Crippen LogP contribution in [0.15, 0.2) is 53.0 Å². The maximum atomic E-state index is 13.0. The Bertz CT molecular complexity index is 1120. The van der Waals surface area contributed by atoms with Crippen molar-refractivity contribution in [3.63, 3.8) is 0 Å². The lowest BCUT2D eigenvalue weighted by atomic mass is 10.0. The van der Waals surface area contributed by atoms with E-state index in [2.05, 4.69) is 27.6 Å². The van der Waals surface area contributed by atoms with Crippen LogP contribution in [-0.2, 0) is 10.5 Å². The summed E-state index contributed by atoms with van der Waals surface area (Å²) in [6.07, 6.45) is 3.15. The highest BCUT2D eigenvalue weighted by Gasteiger charge is 2.29. The van der Waals surface area contributed by atoms with Crippen molar-refractivity contribution in [3.05, 3.63) is 59.9 Å². The van der Waals surface area contributed by atoms with Crippen LogP contribution in [0.1, 0.15) is 55.7 Å². The van der Waals surface area contributed by atoms with E-state index >= 15 is 0 Å².